The van der Waals surface area contributed by atoms with Gasteiger partial charge in [-0.05, 0) is 50.2 Å². The van der Waals surface area contributed by atoms with Crippen LogP contribution in [0.1, 0.15) is 13.8 Å². The van der Waals surface area contributed by atoms with Gasteiger partial charge in [0.2, 0.25) is 0 Å². The lowest BCUT2D eigenvalue weighted by atomic mass is 10.2. The zero-order chi connectivity index (χ0) is 15.1. The van der Waals surface area contributed by atoms with E-state index in [0.717, 1.165) is 11.4 Å². The van der Waals surface area contributed by atoms with Crippen molar-refractivity contribution >= 4 is 17.3 Å². The first-order valence-electron chi connectivity index (χ1n) is 6.94. The molecule has 0 amide bonds. The SMILES string of the molecule is CCOC(=O)C(C)Oc1ccc(Nc2ccccc2)cc1. The summed E-state index contributed by atoms with van der Waals surface area (Å²) in [6.45, 7) is 3.80. The molecule has 2 aromatic rings. The number of ether oxygens (including phenoxy) is 2. The molecule has 0 aromatic heterocycles. The van der Waals surface area contributed by atoms with Gasteiger partial charge >= 0.3 is 5.97 Å². The van der Waals surface area contributed by atoms with E-state index >= 15 is 0 Å². The number of esters is 1. The van der Waals surface area contributed by atoms with Crippen molar-refractivity contribution in [3.63, 3.8) is 0 Å². The topological polar surface area (TPSA) is 47.6 Å². The van der Waals surface area contributed by atoms with Crippen LogP contribution in [0.15, 0.2) is 54.6 Å². The Kier molecular flexibility index (Phi) is 5.21. The molecule has 21 heavy (non-hydrogen) atoms. The van der Waals surface area contributed by atoms with Crippen LogP contribution >= 0.6 is 0 Å². The van der Waals surface area contributed by atoms with Crippen LogP contribution in [0, 0.1) is 0 Å². The van der Waals surface area contributed by atoms with E-state index in [2.05, 4.69) is 5.32 Å². The summed E-state index contributed by atoms with van der Waals surface area (Å²) in [5.74, 6) is 0.276. The minimum absolute atomic E-state index is 0.354. The van der Waals surface area contributed by atoms with E-state index in [0.29, 0.717) is 12.4 Å². The van der Waals surface area contributed by atoms with Crippen LogP contribution in [0.3, 0.4) is 0 Å². The molecule has 0 saturated heterocycles. The van der Waals surface area contributed by atoms with Gasteiger partial charge in [-0.2, -0.15) is 0 Å². The van der Waals surface area contributed by atoms with E-state index < -0.39 is 6.10 Å². The Labute approximate surface area is 124 Å². The highest BCUT2D eigenvalue weighted by molar-refractivity contribution is 5.74. The van der Waals surface area contributed by atoms with Crippen LogP contribution < -0.4 is 10.1 Å². The number of hydrogen-bond donors (Lipinski definition) is 1. The molecule has 4 nitrogen and oxygen atoms in total. The van der Waals surface area contributed by atoms with Gasteiger partial charge in [0.1, 0.15) is 5.75 Å². The highest BCUT2D eigenvalue weighted by Crippen LogP contribution is 2.20. The molecule has 2 rings (SSSR count). The van der Waals surface area contributed by atoms with Crippen LogP contribution in [0.25, 0.3) is 0 Å². The van der Waals surface area contributed by atoms with Crippen molar-refractivity contribution in [3.05, 3.63) is 54.6 Å². The van der Waals surface area contributed by atoms with E-state index in [9.17, 15) is 4.79 Å². The average molecular weight is 285 g/mol. The van der Waals surface area contributed by atoms with Gasteiger partial charge in [-0.1, -0.05) is 18.2 Å². The zero-order valence-electron chi connectivity index (χ0n) is 12.2. The number of para-hydroxylation sites is 1. The van der Waals surface area contributed by atoms with Gasteiger partial charge in [-0.15, -0.1) is 0 Å². The maximum Gasteiger partial charge on any atom is 0.347 e. The molecule has 1 unspecified atom stereocenters. The normalized spacial score (nSPS) is 11.5. The molecule has 0 bridgehead atoms. The third-order valence-electron chi connectivity index (χ3n) is 2.85. The van der Waals surface area contributed by atoms with E-state index in [4.69, 9.17) is 9.47 Å². The summed E-state index contributed by atoms with van der Waals surface area (Å²) in [6, 6.07) is 17.4. The fraction of sp³-hybridized carbons (Fsp3) is 0.235. The Balaban J connectivity index is 1.94. The molecule has 0 fully saturated rings. The van der Waals surface area contributed by atoms with Crippen LogP contribution in [0.5, 0.6) is 5.75 Å². The molecule has 4 heteroatoms. The molecular formula is C17H19NO3. The second-order valence-corrected chi connectivity index (χ2v) is 4.53. The number of hydrogen-bond acceptors (Lipinski definition) is 4. The van der Waals surface area contributed by atoms with Gasteiger partial charge in [-0.25, -0.2) is 4.79 Å². The standard InChI is InChI=1S/C17H19NO3/c1-3-20-17(19)13(2)21-16-11-9-15(10-12-16)18-14-7-5-4-6-8-14/h4-13,18H,3H2,1-2H3. The molecule has 0 spiro atoms. The van der Waals surface area contributed by atoms with Gasteiger partial charge in [0, 0.05) is 11.4 Å². The summed E-state index contributed by atoms with van der Waals surface area (Å²) >= 11 is 0. The van der Waals surface area contributed by atoms with Crippen molar-refractivity contribution in [1.29, 1.82) is 0 Å². The van der Waals surface area contributed by atoms with Crippen molar-refractivity contribution in [2.24, 2.45) is 0 Å². The summed E-state index contributed by atoms with van der Waals surface area (Å²) in [5, 5.41) is 3.28. The molecule has 0 radical (unpaired) electrons. The second-order valence-electron chi connectivity index (χ2n) is 4.53. The Morgan fingerprint density at radius 3 is 2.29 bits per heavy atom. The maximum absolute atomic E-state index is 11.5. The minimum Gasteiger partial charge on any atom is -0.479 e. The summed E-state index contributed by atoms with van der Waals surface area (Å²) in [7, 11) is 0. The van der Waals surface area contributed by atoms with E-state index in [1.807, 2.05) is 54.6 Å². The number of benzene rings is 2. The molecule has 2 aromatic carbocycles. The number of rotatable bonds is 6. The first kappa shape index (κ1) is 14.9. The van der Waals surface area contributed by atoms with E-state index in [-0.39, 0.29) is 5.97 Å². The Morgan fingerprint density at radius 2 is 1.67 bits per heavy atom. The van der Waals surface area contributed by atoms with Crippen molar-refractivity contribution in [2.45, 2.75) is 20.0 Å². The lowest BCUT2D eigenvalue weighted by Crippen LogP contribution is -2.25. The molecule has 1 atom stereocenters. The lowest BCUT2D eigenvalue weighted by Gasteiger charge is -2.14. The Bertz CT molecular complexity index is 566. The molecular weight excluding hydrogens is 266 g/mol. The van der Waals surface area contributed by atoms with Gasteiger partial charge in [-0.3, -0.25) is 0 Å². The van der Waals surface area contributed by atoms with Crippen LogP contribution in [0.2, 0.25) is 0 Å². The number of anilines is 2. The summed E-state index contributed by atoms with van der Waals surface area (Å²) in [5.41, 5.74) is 1.98. The Hall–Kier alpha value is -2.49. The van der Waals surface area contributed by atoms with Crippen molar-refractivity contribution in [1.82, 2.24) is 0 Å². The maximum atomic E-state index is 11.5. The van der Waals surface area contributed by atoms with E-state index in [1.54, 1.807) is 13.8 Å². The smallest absolute Gasteiger partial charge is 0.347 e. The van der Waals surface area contributed by atoms with Crippen LogP contribution in [-0.2, 0) is 9.53 Å². The first-order chi connectivity index (χ1) is 10.2. The molecule has 1 N–H and O–H groups in total. The van der Waals surface area contributed by atoms with Crippen molar-refractivity contribution in [3.8, 4) is 5.75 Å². The van der Waals surface area contributed by atoms with Gasteiger partial charge in [0.15, 0.2) is 6.10 Å². The summed E-state index contributed by atoms with van der Waals surface area (Å²) in [6.07, 6.45) is -0.613. The molecule has 0 saturated carbocycles. The van der Waals surface area contributed by atoms with Gasteiger partial charge < -0.3 is 14.8 Å². The summed E-state index contributed by atoms with van der Waals surface area (Å²) < 4.78 is 10.4. The molecule has 0 heterocycles. The third-order valence-corrected chi connectivity index (χ3v) is 2.85. The van der Waals surface area contributed by atoms with Gasteiger partial charge in [0.05, 0.1) is 6.61 Å². The first-order valence-corrected chi connectivity index (χ1v) is 6.94. The van der Waals surface area contributed by atoms with Crippen LogP contribution in [-0.4, -0.2) is 18.7 Å². The average Bonchev–Trinajstić information content (AvgIpc) is 2.50. The van der Waals surface area contributed by atoms with Gasteiger partial charge in [0.25, 0.3) is 0 Å². The van der Waals surface area contributed by atoms with Crippen molar-refractivity contribution in [2.75, 3.05) is 11.9 Å². The summed E-state index contributed by atoms with van der Waals surface area (Å²) in [4.78, 5) is 11.5. The monoisotopic (exact) mass is 285 g/mol. The fourth-order valence-electron chi connectivity index (χ4n) is 1.82. The van der Waals surface area contributed by atoms with Crippen molar-refractivity contribution < 1.29 is 14.3 Å². The Morgan fingerprint density at radius 1 is 1.05 bits per heavy atom. The highest BCUT2D eigenvalue weighted by Gasteiger charge is 2.15. The third kappa shape index (κ3) is 4.53. The molecule has 0 aliphatic rings. The molecule has 110 valence electrons. The van der Waals surface area contributed by atoms with E-state index in [1.165, 1.54) is 0 Å². The highest BCUT2D eigenvalue weighted by atomic mass is 16.6. The predicted octanol–water partition coefficient (Wildman–Crippen LogP) is 3.76. The lowest BCUT2D eigenvalue weighted by molar-refractivity contribution is -0.150. The second kappa shape index (κ2) is 7.33. The zero-order valence-corrected chi connectivity index (χ0v) is 12.2. The fourth-order valence-corrected chi connectivity index (χ4v) is 1.82. The molecule has 0 aliphatic carbocycles. The number of carbonyl (C=O) groups is 1. The number of carbonyl (C=O) groups excluding carboxylic acids is 1. The van der Waals surface area contributed by atoms with Crippen LogP contribution in [0.4, 0.5) is 11.4 Å². The number of nitrogens with one attached hydrogen (secondary N) is 1. The quantitative estimate of drug-likeness (QED) is 0.821. The molecule has 0 aliphatic heterocycles. The largest absolute Gasteiger partial charge is 0.479 e. The minimum atomic E-state index is -0.613. The predicted molar refractivity (Wildman–Crippen MR) is 82.9 cm³/mol.